The van der Waals surface area contributed by atoms with E-state index in [0.717, 1.165) is 6.54 Å². The lowest BCUT2D eigenvalue weighted by molar-refractivity contribution is 0.154. The minimum Gasteiger partial charge on any atom is -0.364 e. The van der Waals surface area contributed by atoms with E-state index in [-0.39, 0.29) is 5.56 Å². The quantitative estimate of drug-likeness (QED) is 0.838. The van der Waals surface area contributed by atoms with E-state index in [1.165, 1.54) is 45.2 Å². The molecule has 1 aliphatic heterocycles. The monoisotopic (exact) mass is 292 g/mol. The standard InChI is InChI=1S/C16H28N4O/c1-3-5-10-20-11-7-6-8-14(20)13-18-15-16(21)19(4-2)12-9-17-15/h9,12,14H,3-8,10-11,13H2,1-2H3,(H,17,18). The van der Waals surface area contributed by atoms with Crippen LogP contribution in [0.25, 0.3) is 0 Å². The van der Waals surface area contributed by atoms with Crippen LogP contribution in [0.2, 0.25) is 0 Å². The number of unbranched alkanes of at least 4 members (excludes halogenated alkanes) is 1. The van der Waals surface area contributed by atoms with E-state index in [1.807, 2.05) is 6.92 Å². The number of aryl methyl sites for hydroxylation is 1. The van der Waals surface area contributed by atoms with Gasteiger partial charge in [0.1, 0.15) is 0 Å². The molecule has 0 saturated carbocycles. The molecule has 1 saturated heterocycles. The Labute approximate surface area is 127 Å². The summed E-state index contributed by atoms with van der Waals surface area (Å²) in [4.78, 5) is 18.9. The van der Waals surface area contributed by atoms with Crippen molar-refractivity contribution in [3.8, 4) is 0 Å². The van der Waals surface area contributed by atoms with Crippen molar-refractivity contribution in [2.45, 2.75) is 58.5 Å². The summed E-state index contributed by atoms with van der Waals surface area (Å²) >= 11 is 0. The first-order valence-electron chi connectivity index (χ1n) is 8.29. The van der Waals surface area contributed by atoms with Gasteiger partial charge in [0.05, 0.1) is 0 Å². The summed E-state index contributed by atoms with van der Waals surface area (Å²) in [5, 5.41) is 3.28. The summed E-state index contributed by atoms with van der Waals surface area (Å²) in [6.07, 6.45) is 9.72. The maximum absolute atomic E-state index is 12.2. The summed E-state index contributed by atoms with van der Waals surface area (Å²) in [5.74, 6) is 0.486. The Morgan fingerprint density at radius 1 is 1.38 bits per heavy atom. The predicted octanol–water partition coefficient (Wildman–Crippen LogP) is 2.33. The van der Waals surface area contributed by atoms with Crippen LogP contribution >= 0.6 is 0 Å². The molecule has 2 rings (SSSR count). The number of piperidine rings is 1. The number of anilines is 1. The van der Waals surface area contributed by atoms with Crippen LogP contribution in [0.15, 0.2) is 17.2 Å². The zero-order chi connectivity index (χ0) is 15.1. The topological polar surface area (TPSA) is 50.2 Å². The Morgan fingerprint density at radius 2 is 2.24 bits per heavy atom. The Hall–Kier alpha value is -1.36. The third kappa shape index (κ3) is 4.30. The van der Waals surface area contributed by atoms with Gasteiger partial charge in [-0.3, -0.25) is 9.69 Å². The number of hydrogen-bond acceptors (Lipinski definition) is 4. The van der Waals surface area contributed by atoms with Crippen LogP contribution in [0.1, 0.15) is 46.0 Å². The van der Waals surface area contributed by atoms with E-state index >= 15 is 0 Å². The van der Waals surface area contributed by atoms with Crippen molar-refractivity contribution in [1.29, 1.82) is 0 Å². The van der Waals surface area contributed by atoms with Crippen molar-refractivity contribution >= 4 is 5.82 Å². The van der Waals surface area contributed by atoms with Crippen molar-refractivity contribution in [2.24, 2.45) is 0 Å². The van der Waals surface area contributed by atoms with Gasteiger partial charge in [-0.2, -0.15) is 0 Å². The number of hydrogen-bond donors (Lipinski definition) is 1. The van der Waals surface area contributed by atoms with Crippen LogP contribution in [0, 0.1) is 0 Å². The van der Waals surface area contributed by atoms with Gasteiger partial charge in [0.2, 0.25) is 0 Å². The van der Waals surface area contributed by atoms with Crippen molar-refractivity contribution in [3.63, 3.8) is 0 Å². The molecule has 1 fully saturated rings. The highest BCUT2D eigenvalue weighted by molar-refractivity contribution is 5.31. The van der Waals surface area contributed by atoms with E-state index in [2.05, 4.69) is 22.1 Å². The first kappa shape index (κ1) is 16.0. The molecule has 1 N–H and O–H groups in total. The van der Waals surface area contributed by atoms with Crippen LogP contribution in [0.4, 0.5) is 5.82 Å². The molecule has 21 heavy (non-hydrogen) atoms. The van der Waals surface area contributed by atoms with Gasteiger partial charge in [-0.25, -0.2) is 4.98 Å². The van der Waals surface area contributed by atoms with E-state index in [1.54, 1.807) is 17.0 Å². The summed E-state index contributed by atoms with van der Waals surface area (Å²) in [6.45, 7) is 8.07. The summed E-state index contributed by atoms with van der Waals surface area (Å²) in [5.41, 5.74) is -0.0177. The van der Waals surface area contributed by atoms with E-state index in [4.69, 9.17) is 0 Å². The largest absolute Gasteiger partial charge is 0.364 e. The highest BCUT2D eigenvalue weighted by atomic mass is 16.1. The van der Waals surface area contributed by atoms with E-state index < -0.39 is 0 Å². The molecular weight excluding hydrogens is 264 g/mol. The zero-order valence-corrected chi connectivity index (χ0v) is 13.3. The van der Waals surface area contributed by atoms with Gasteiger partial charge in [-0.1, -0.05) is 19.8 Å². The predicted molar refractivity (Wildman–Crippen MR) is 86.8 cm³/mol. The number of likely N-dealkylation sites (tertiary alicyclic amines) is 1. The maximum Gasteiger partial charge on any atom is 0.293 e. The first-order chi connectivity index (χ1) is 10.3. The Morgan fingerprint density at radius 3 is 3.00 bits per heavy atom. The molecule has 0 bridgehead atoms. The molecule has 118 valence electrons. The van der Waals surface area contributed by atoms with Gasteiger partial charge in [0, 0.05) is 31.5 Å². The highest BCUT2D eigenvalue weighted by Gasteiger charge is 2.21. The van der Waals surface area contributed by atoms with Crippen molar-refractivity contribution in [1.82, 2.24) is 14.5 Å². The Bertz CT molecular complexity index is 485. The molecule has 0 aromatic carbocycles. The average Bonchev–Trinajstić information content (AvgIpc) is 2.52. The Kier molecular flexibility index (Phi) is 6.23. The third-order valence-corrected chi connectivity index (χ3v) is 4.31. The van der Waals surface area contributed by atoms with Gasteiger partial charge < -0.3 is 9.88 Å². The van der Waals surface area contributed by atoms with Gasteiger partial charge in [-0.15, -0.1) is 0 Å². The molecule has 0 radical (unpaired) electrons. The van der Waals surface area contributed by atoms with Crippen molar-refractivity contribution < 1.29 is 0 Å². The fraction of sp³-hybridized carbons (Fsp3) is 0.750. The maximum atomic E-state index is 12.2. The molecule has 2 heterocycles. The second-order valence-electron chi connectivity index (χ2n) is 5.79. The van der Waals surface area contributed by atoms with Crippen LogP contribution < -0.4 is 10.9 Å². The molecule has 1 atom stereocenters. The molecule has 1 unspecified atom stereocenters. The van der Waals surface area contributed by atoms with Gasteiger partial charge in [0.25, 0.3) is 5.56 Å². The zero-order valence-electron chi connectivity index (χ0n) is 13.3. The number of nitrogens with zero attached hydrogens (tertiary/aromatic N) is 3. The normalized spacial score (nSPS) is 19.6. The molecule has 0 spiro atoms. The van der Waals surface area contributed by atoms with Crippen LogP contribution in [-0.4, -0.2) is 40.1 Å². The fourth-order valence-electron chi connectivity index (χ4n) is 2.98. The molecule has 5 heteroatoms. The smallest absolute Gasteiger partial charge is 0.293 e. The molecule has 5 nitrogen and oxygen atoms in total. The molecule has 1 aliphatic rings. The number of nitrogens with one attached hydrogen (secondary N) is 1. The van der Waals surface area contributed by atoms with Crippen LogP contribution in [-0.2, 0) is 6.54 Å². The molecule has 1 aromatic rings. The van der Waals surface area contributed by atoms with Crippen LogP contribution in [0.5, 0.6) is 0 Å². The number of rotatable bonds is 7. The molecule has 0 amide bonds. The minimum absolute atomic E-state index is 0.0177. The first-order valence-corrected chi connectivity index (χ1v) is 8.29. The lowest BCUT2D eigenvalue weighted by Gasteiger charge is -2.35. The second-order valence-corrected chi connectivity index (χ2v) is 5.79. The van der Waals surface area contributed by atoms with E-state index in [0.29, 0.717) is 18.4 Å². The Balaban J connectivity index is 1.95. The SMILES string of the molecule is CCCCN1CCCCC1CNc1nccn(CC)c1=O. The van der Waals surface area contributed by atoms with Gasteiger partial charge in [0.15, 0.2) is 5.82 Å². The van der Waals surface area contributed by atoms with Crippen LogP contribution in [0.3, 0.4) is 0 Å². The van der Waals surface area contributed by atoms with Crippen molar-refractivity contribution in [3.05, 3.63) is 22.7 Å². The molecule has 1 aromatic heterocycles. The second kappa shape index (κ2) is 8.17. The molecule has 0 aliphatic carbocycles. The molecular formula is C16H28N4O. The fourth-order valence-corrected chi connectivity index (χ4v) is 2.98. The van der Waals surface area contributed by atoms with E-state index in [9.17, 15) is 4.79 Å². The summed E-state index contributed by atoms with van der Waals surface area (Å²) in [7, 11) is 0. The van der Waals surface area contributed by atoms with Gasteiger partial charge >= 0.3 is 0 Å². The minimum atomic E-state index is -0.0177. The summed E-state index contributed by atoms with van der Waals surface area (Å²) in [6, 6.07) is 0.529. The third-order valence-electron chi connectivity index (χ3n) is 4.31. The van der Waals surface area contributed by atoms with Crippen molar-refractivity contribution in [2.75, 3.05) is 25.0 Å². The lowest BCUT2D eigenvalue weighted by atomic mass is 10.0. The average molecular weight is 292 g/mol. The summed E-state index contributed by atoms with van der Waals surface area (Å²) < 4.78 is 1.69. The highest BCUT2D eigenvalue weighted by Crippen LogP contribution is 2.17. The van der Waals surface area contributed by atoms with Gasteiger partial charge in [-0.05, 0) is 39.3 Å². The lowest BCUT2D eigenvalue weighted by Crippen LogP contribution is -2.44. The number of aromatic nitrogens is 2.